The molecule has 3 N–H and O–H groups in total. The summed E-state index contributed by atoms with van der Waals surface area (Å²) in [5.41, 5.74) is 6.97. The number of amides is 1. The molecule has 134 valence electrons. The highest BCUT2D eigenvalue weighted by Gasteiger charge is 2.30. The maximum atomic E-state index is 12.5. The summed E-state index contributed by atoms with van der Waals surface area (Å²) >= 11 is 1.75. The van der Waals surface area contributed by atoms with E-state index in [1.165, 1.54) is 9.75 Å². The van der Waals surface area contributed by atoms with Crippen LogP contribution in [0.15, 0.2) is 42.9 Å². The van der Waals surface area contributed by atoms with Crippen molar-refractivity contribution in [2.24, 2.45) is 0 Å². The molecule has 0 spiro atoms. The fourth-order valence-electron chi connectivity index (χ4n) is 3.01. The molecular weight excluding hydrogens is 348 g/mol. The van der Waals surface area contributed by atoms with E-state index in [4.69, 9.17) is 0 Å². The molecule has 0 bridgehead atoms. The maximum absolute atomic E-state index is 12.5. The topological polar surface area (TPSA) is 83.9 Å². The van der Waals surface area contributed by atoms with E-state index in [0.29, 0.717) is 12.1 Å². The first-order valence-corrected chi connectivity index (χ1v) is 9.26. The van der Waals surface area contributed by atoms with Gasteiger partial charge in [-0.15, -0.1) is 11.3 Å². The summed E-state index contributed by atoms with van der Waals surface area (Å²) in [6.07, 6.45) is 5.97. The van der Waals surface area contributed by atoms with Crippen LogP contribution in [0.1, 0.15) is 28.0 Å². The van der Waals surface area contributed by atoms with Gasteiger partial charge in [-0.05, 0) is 44.5 Å². The average molecular weight is 368 g/mol. The van der Waals surface area contributed by atoms with E-state index in [9.17, 15) is 4.79 Å². The number of hydrazine groups is 1. The Labute approximate surface area is 155 Å². The van der Waals surface area contributed by atoms with E-state index >= 15 is 0 Å². The molecule has 7 nitrogen and oxygen atoms in total. The predicted octanol–water partition coefficient (Wildman–Crippen LogP) is 2.49. The minimum atomic E-state index is -0.280. The van der Waals surface area contributed by atoms with Gasteiger partial charge in [0.2, 0.25) is 5.91 Å². The number of hydrogen-bond donors (Lipinski definition) is 3. The number of carbonyl (C=O) groups is 1. The molecule has 3 aromatic rings. The number of rotatable bonds is 4. The van der Waals surface area contributed by atoms with Gasteiger partial charge in [0.25, 0.3) is 0 Å². The smallest absolute Gasteiger partial charge is 0.242 e. The number of imidazole rings is 1. The maximum Gasteiger partial charge on any atom is 0.242 e. The zero-order chi connectivity index (χ0) is 18.1. The van der Waals surface area contributed by atoms with Crippen molar-refractivity contribution < 1.29 is 4.79 Å². The number of anilines is 1. The first-order chi connectivity index (χ1) is 12.6. The number of aromatic nitrogens is 3. The number of hydrogen-bond acceptors (Lipinski definition) is 6. The molecule has 1 aliphatic rings. The van der Waals surface area contributed by atoms with E-state index < -0.39 is 0 Å². The normalized spacial score (nSPS) is 19.6. The van der Waals surface area contributed by atoms with E-state index in [-0.39, 0.29) is 18.0 Å². The first-order valence-electron chi connectivity index (χ1n) is 8.45. The SMILES string of the molecule is Cc1ccc(C2CC(C(=O)Nc3ccc(-n4ccnc4C)nc3)NN2)s1. The third-order valence-corrected chi connectivity index (χ3v) is 5.53. The van der Waals surface area contributed by atoms with E-state index in [1.54, 1.807) is 23.7 Å². The monoisotopic (exact) mass is 368 g/mol. The van der Waals surface area contributed by atoms with Crippen LogP contribution in [0.3, 0.4) is 0 Å². The molecular formula is C18H20N6OS. The van der Waals surface area contributed by atoms with Gasteiger partial charge >= 0.3 is 0 Å². The molecule has 8 heteroatoms. The number of thiophene rings is 1. The Hall–Kier alpha value is -2.55. The van der Waals surface area contributed by atoms with Crippen LogP contribution in [0.5, 0.6) is 0 Å². The molecule has 1 saturated heterocycles. The Morgan fingerprint density at radius 2 is 2.12 bits per heavy atom. The van der Waals surface area contributed by atoms with E-state index in [1.807, 2.05) is 29.8 Å². The van der Waals surface area contributed by atoms with Gasteiger partial charge in [-0.3, -0.25) is 9.36 Å². The van der Waals surface area contributed by atoms with Crippen LogP contribution in [0, 0.1) is 13.8 Å². The van der Waals surface area contributed by atoms with Crippen molar-refractivity contribution in [3.05, 3.63) is 58.4 Å². The summed E-state index contributed by atoms with van der Waals surface area (Å²) in [7, 11) is 0. The fraction of sp³-hybridized carbons (Fsp3) is 0.278. The van der Waals surface area contributed by atoms with Crippen LogP contribution in [0.25, 0.3) is 5.82 Å². The van der Waals surface area contributed by atoms with E-state index in [0.717, 1.165) is 11.6 Å². The lowest BCUT2D eigenvalue weighted by atomic mass is 10.1. The lowest BCUT2D eigenvalue weighted by Gasteiger charge is -2.11. The second-order valence-electron chi connectivity index (χ2n) is 6.32. The van der Waals surface area contributed by atoms with Gasteiger partial charge in [0.05, 0.1) is 17.9 Å². The van der Waals surface area contributed by atoms with Gasteiger partial charge < -0.3 is 5.32 Å². The number of aryl methyl sites for hydroxylation is 2. The summed E-state index contributed by atoms with van der Waals surface area (Å²) in [4.78, 5) is 23.6. The predicted molar refractivity (Wildman–Crippen MR) is 101 cm³/mol. The fourth-order valence-corrected chi connectivity index (χ4v) is 3.95. The summed E-state index contributed by atoms with van der Waals surface area (Å²) in [6, 6.07) is 7.81. The number of pyridine rings is 1. The van der Waals surface area contributed by atoms with Gasteiger partial charge in [0.15, 0.2) is 0 Å². The first kappa shape index (κ1) is 16.9. The molecule has 4 heterocycles. The molecule has 3 aromatic heterocycles. The van der Waals surface area contributed by atoms with Crippen LogP contribution in [-0.2, 0) is 4.79 Å². The summed E-state index contributed by atoms with van der Waals surface area (Å²) in [6.45, 7) is 4.00. The van der Waals surface area contributed by atoms with Gasteiger partial charge in [-0.2, -0.15) is 0 Å². The van der Waals surface area contributed by atoms with Crippen LogP contribution >= 0.6 is 11.3 Å². The second kappa shape index (κ2) is 6.99. The van der Waals surface area contributed by atoms with Crippen molar-refractivity contribution in [2.45, 2.75) is 32.4 Å². The van der Waals surface area contributed by atoms with Crippen LogP contribution in [-0.4, -0.2) is 26.5 Å². The minimum absolute atomic E-state index is 0.0679. The summed E-state index contributed by atoms with van der Waals surface area (Å²) in [5, 5.41) is 2.92. The molecule has 2 atom stereocenters. The minimum Gasteiger partial charge on any atom is -0.323 e. The third kappa shape index (κ3) is 3.39. The molecule has 0 saturated carbocycles. The Morgan fingerprint density at radius 1 is 1.23 bits per heavy atom. The zero-order valence-corrected chi connectivity index (χ0v) is 15.4. The van der Waals surface area contributed by atoms with Gasteiger partial charge in [-0.25, -0.2) is 20.8 Å². The lowest BCUT2D eigenvalue weighted by Crippen LogP contribution is -2.39. The second-order valence-corrected chi connectivity index (χ2v) is 7.64. The van der Waals surface area contributed by atoms with Gasteiger partial charge in [0, 0.05) is 22.1 Å². The molecule has 1 aliphatic heterocycles. The van der Waals surface area contributed by atoms with Crippen molar-refractivity contribution in [3.8, 4) is 5.82 Å². The molecule has 4 rings (SSSR count). The summed E-state index contributed by atoms with van der Waals surface area (Å²) in [5.74, 6) is 1.57. The highest BCUT2D eigenvalue weighted by atomic mass is 32.1. The largest absolute Gasteiger partial charge is 0.323 e. The Kier molecular flexibility index (Phi) is 4.54. The third-order valence-electron chi connectivity index (χ3n) is 4.41. The number of carbonyl (C=O) groups excluding carboxylic acids is 1. The Balaban J connectivity index is 1.38. The zero-order valence-electron chi connectivity index (χ0n) is 14.6. The average Bonchev–Trinajstić information content (AvgIpc) is 3.36. The van der Waals surface area contributed by atoms with Crippen molar-refractivity contribution in [1.82, 2.24) is 25.4 Å². The van der Waals surface area contributed by atoms with Crippen LogP contribution < -0.4 is 16.2 Å². The van der Waals surface area contributed by atoms with Gasteiger partial charge in [-0.1, -0.05) is 0 Å². The highest BCUT2D eigenvalue weighted by Crippen LogP contribution is 2.28. The summed E-state index contributed by atoms with van der Waals surface area (Å²) < 4.78 is 1.89. The standard InChI is InChI=1S/C18H20N6OS/c1-11-3-5-16(26-11)14-9-15(23-22-14)18(25)21-13-4-6-17(20-10-13)24-8-7-19-12(24)2/h3-8,10,14-15,22-23H,9H2,1-2H3,(H,21,25). The Bertz CT molecular complexity index is 916. The van der Waals surface area contributed by atoms with Crippen molar-refractivity contribution in [2.75, 3.05) is 5.32 Å². The number of nitrogens with one attached hydrogen (secondary N) is 3. The van der Waals surface area contributed by atoms with Gasteiger partial charge in [0.1, 0.15) is 17.7 Å². The van der Waals surface area contributed by atoms with E-state index in [2.05, 4.69) is 45.2 Å². The van der Waals surface area contributed by atoms with Crippen molar-refractivity contribution >= 4 is 22.9 Å². The van der Waals surface area contributed by atoms with Crippen LogP contribution in [0.4, 0.5) is 5.69 Å². The molecule has 1 amide bonds. The molecule has 2 unspecified atom stereocenters. The molecule has 1 fully saturated rings. The highest BCUT2D eigenvalue weighted by molar-refractivity contribution is 7.12. The molecule has 0 aromatic carbocycles. The molecule has 0 aliphatic carbocycles. The van der Waals surface area contributed by atoms with Crippen molar-refractivity contribution in [1.29, 1.82) is 0 Å². The number of nitrogens with zero attached hydrogens (tertiary/aromatic N) is 3. The van der Waals surface area contributed by atoms with Crippen molar-refractivity contribution in [3.63, 3.8) is 0 Å². The quantitative estimate of drug-likeness (QED) is 0.659. The van der Waals surface area contributed by atoms with Crippen LogP contribution in [0.2, 0.25) is 0 Å². The lowest BCUT2D eigenvalue weighted by molar-refractivity contribution is -0.117. The molecule has 0 radical (unpaired) electrons. The Morgan fingerprint density at radius 3 is 2.77 bits per heavy atom. The molecule has 26 heavy (non-hydrogen) atoms.